The molecule has 30 heavy (non-hydrogen) atoms. The number of carbonyl (C=O) groups is 1. The molecule has 4 aromatic rings. The summed E-state index contributed by atoms with van der Waals surface area (Å²) in [5.74, 6) is 0.231. The Hall–Kier alpha value is -3.39. The largest absolute Gasteiger partial charge is 0.352 e. The van der Waals surface area contributed by atoms with Crippen molar-refractivity contribution in [3.63, 3.8) is 0 Å². The molecule has 0 unspecified atom stereocenters. The molecule has 2 heterocycles. The van der Waals surface area contributed by atoms with Crippen molar-refractivity contribution >= 4 is 17.2 Å². The Morgan fingerprint density at radius 2 is 1.83 bits per heavy atom. The maximum absolute atomic E-state index is 13.1. The first-order valence-electron chi connectivity index (χ1n) is 9.41. The highest BCUT2D eigenvalue weighted by atomic mass is 32.1. The third kappa shape index (κ3) is 4.96. The van der Waals surface area contributed by atoms with Crippen LogP contribution in [0, 0.1) is 12.7 Å². The molecule has 0 bridgehead atoms. The molecule has 2 aromatic heterocycles. The van der Waals surface area contributed by atoms with Gasteiger partial charge in [-0.05, 0) is 30.2 Å². The standard InChI is InChI=1S/C22H19FN4O2S/c1-14-21(30-20(25-14)11-15-7-9-17(23)10-8-15)22-26-18(27-29-22)12-19(28)24-13-16-5-3-2-4-6-16/h2-10H,11-13H2,1H3,(H,24,28). The van der Waals surface area contributed by atoms with Crippen molar-refractivity contribution in [2.24, 2.45) is 0 Å². The third-order valence-electron chi connectivity index (χ3n) is 4.42. The van der Waals surface area contributed by atoms with Crippen molar-refractivity contribution in [2.75, 3.05) is 0 Å². The molecule has 152 valence electrons. The Morgan fingerprint density at radius 3 is 2.60 bits per heavy atom. The summed E-state index contributed by atoms with van der Waals surface area (Å²) in [6.07, 6.45) is 0.630. The molecule has 6 nitrogen and oxygen atoms in total. The zero-order valence-corrected chi connectivity index (χ0v) is 17.1. The maximum Gasteiger partial charge on any atom is 0.269 e. The smallest absolute Gasteiger partial charge is 0.269 e. The van der Waals surface area contributed by atoms with E-state index in [9.17, 15) is 9.18 Å². The van der Waals surface area contributed by atoms with Crippen LogP contribution in [0.2, 0.25) is 0 Å². The molecule has 8 heteroatoms. The number of nitrogens with zero attached hydrogens (tertiary/aromatic N) is 3. The second-order valence-corrected chi connectivity index (χ2v) is 7.86. The van der Waals surface area contributed by atoms with Crippen LogP contribution in [0.25, 0.3) is 10.8 Å². The number of benzene rings is 2. The molecule has 0 fully saturated rings. The highest BCUT2D eigenvalue weighted by molar-refractivity contribution is 7.15. The van der Waals surface area contributed by atoms with Crippen molar-refractivity contribution in [3.05, 3.63) is 88.1 Å². The van der Waals surface area contributed by atoms with Crippen LogP contribution in [0.3, 0.4) is 0 Å². The van der Waals surface area contributed by atoms with Gasteiger partial charge in [0.05, 0.1) is 17.1 Å². The van der Waals surface area contributed by atoms with E-state index in [1.54, 1.807) is 12.1 Å². The van der Waals surface area contributed by atoms with Gasteiger partial charge in [0, 0.05) is 13.0 Å². The van der Waals surface area contributed by atoms with E-state index < -0.39 is 0 Å². The third-order valence-corrected chi connectivity index (χ3v) is 5.57. The summed E-state index contributed by atoms with van der Waals surface area (Å²) in [6.45, 7) is 2.32. The molecule has 0 aliphatic rings. The predicted molar refractivity (Wildman–Crippen MR) is 111 cm³/mol. The van der Waals surface area contributed by atoms with E-state index in [2.05, 4.69) is 20.4 Å². The number of amides is 1. The van der Waals surface area contributed by atoms with E-state index in [4.69, 9.17) is 4.52 Å². The van der Waals surface area contributed by atoms with Crippen LogP contribution in [0.5, 0.6) is 0 Å². The summed E-state index contributed by atoms with van der Waals surface area (Å²) >= 11 is 1.45. The summed E-state index contributed by atoms with van der Waals surface area (Å²) in [6, 6.07) is 16.0. The quantitative estimate of drug-likeness (QED) is 0.485. The topological polar surface area (TPSA) is 80.9 Å². The number of hydrogen-bond donors (Lipinski definition) is 1. The molecule has 0 spiro atoms. The Morgan fingerprint density at radius 1 is 1.07 bits per heavy atom. The van der Waals surface area contributed by atoms with Gasteiger partial charge in [0.15, 0.2) is 5.82 Å². The van der Waals surface area contributed by atoms with Gasteiger partial charge in [-0.3, -0.25) is 4.79 Å². The summed E-state index contributed by atoms with van der Waals surface area (Å²) in [5.41, 5.74) is 2.77. The molecular formula is C22H19FN4O2S. The average molecular weight is 422 g/mol. The second kappa shape index (κ2) is 8.96. The number of nitrogens with one attached hydrogen (secondary N) is 1. The van der Waals surface area contributed by atoms with Crippen molar-refractivity contribution in [1.82, 2.24) is 20.4 Å². The highest BCUT2D eigenvalue weighted by Crippen LogP contribution is 2.30. The lowest BCUT2D eigenvalue weighted by molar-refractivity contribution is -0.120. The first-order valence-corrected chi connectivity index (χ1v) is 10.2. The number of rotatable bonds is 7. The molecule has 0 aliphatic carbocycles. The Balaban J connectivity index is 1.39. The number of thiazole rings is 1. The summed E-state index contributed by atoms with van der Waals surface area (Å²) in [4.78, 5) is 21.8. The molecule has 0 saturated carbocycles. The predicted octanol–water partition coefficient (Wildman–Crippen LogP) is 4.09. The summed E-state index contributed by atoms with van der Waals surface area (Å²) < 4.78 is 18.4. The zero-order chi connectivity index (χ0) is 20.9. The van der Waals surface area contributed by atoms with Crippen LogP contribution < -0.4 is 5.32 Å². The lowest BCUT2D eigenvalue weighted by atomic mass is 10.1. The zero-order valence-electron chi connectivity index (χ0n) is 16.3. The Kier molecular flexibility index (Phi) is 5.94. The van der Waals surface area contributed by atoms with Gasteiger partial charge in [0.1, 0.15) is 10.7 Å². The summed E-state index contributed by atoms with van der Waals surface area (Å²) in [5, 5.41) is 7.64. The van der Waals surface area contributed by atoms with Gasteiger partial charge in [0.25, 0.3) is 5.89 Å². The minimum absolute atomic E-state index is 0.0383. The molecule has 1 N–H and O–H groups in total. The van der Waals surface area contributed by atoms with E-state index in [-0.39, 0.29) is 18.1 Å². The average Bonchev–Trinajstić information content (AvgIpc) is 3.35. The van der Waals surface area contributed by atoms with Crippen LogP contribution in [0.15, 0.2) is 59.1 Å². The van der Waals surface area contributed by atoms with Gasteiger partial charge >= 0.3 is 0 Å². The lowest BCUT2D eigenvalue weighted by Gasteiger charge is -2.03. The minimum Gasteiger partial charge on any atom is -0.352 e. The fourth-order valence-electron chi connectivity index (χ4n) is 2.92. The molecule has 0 aliphatic heterocycles. The van der Waals surface area contributed by atoms with E-state index in [0.29, 0.717) is 24.7 Å². The van der Waals surface area contributed by atoms with E-state index in [1.165, 1.54) is 23.5 Å². The molecule has 4 rings (SSSR count). The fourth-order valence-corrected chi connectivity index (χ4v) is 3.94. The van der Waals surface area contributed by atoms with Gasteiger partial charge in [-0.1, -0.05) is 47.6 Å². The normalized spacial score (nSPS) is 10.9. The maximum atomic E-state index is 13.1. The van der Waals surface area contributed by atoms with Gasteiger partial charge in [0.2, 0.25) is 5.91 Å². The lowest BCUT2D eigenvalue weighted by Crippen LogP contribution is -2.24. The van der Waals surface area contributed by atoms with Crippen LogP contribution in [0.1, 0.15) is 27.7 Å². The minimum atomic E-state index is -0.263. The van der Waals surface area contributed by atoms with Gasteiger partial charge in [-0.25, -0.2) is 9.37 Å². The number of aromatic nitrogens is 3. The summed E-state index contributed by atoms with van der Waals surface area (Å²) in [7, 11) is 0. The van der Waals surface area contributed by atoms with E-state index in [0.717, 1.165) is 26.7 Å². The molecule has 2 aromatic carbocycles. The van der Waals surface area contributed by atoms with Crippen molar-refractivity contribution < 1.29 is 13.7 Å². The first kappa shape index (κ1) is 19.9. The van der Waals surface area contributed by atoms with Crippen LogP contribution in [0.4, 0.5) is 4.39 Å². The molecule has 1 amide bonds. The number of halogens is 1. The molecular weight excluding hydrogens is 403 g/mol. The number of hydrogen-bond acceptors (Lipinski definition) is 6. The number of aryl methyl sites for hydroxylation is 1. The van der Waals surface area contributed by atoms with Gasteiger partial charge in [-0.15, -0.1) is 11.3 Å². The van der Waals surface area contributed by atoms with Crippen LogP contribution in [-0.4, -0.2) is 21.0 Å². The fraction of sp³-hybridized carbons (Fsp3) is 0.182. The van der Waals surface area contributed by atoms with Crippen molar-refractivity contribution in [1.29, 1.82) is 0 Å². The van der Waals surface area contributed by atoms with Crippen molar-refractivity contribution in [2.45, 2.75) is 26.3 Å². The van der Waals surface area contributed by atoms with Crippen molar-refractivity contribution in [3.8, 4) is 10.8 Å². The molecule has 0 saturated heterocycles. The monoisotopic (exact) mass is 422 g/mol. The molecule has 0 radical (unpaired) electrons. The Labute approximate surface area is 176 Å². The Bertz CT molecular complexity index is 1140. The van der Waals surface area contributed by atoms with Gasteiger partial charge in [-0.2, -0.15) is 4.98 Å². The first-order chi connectivity index (χ1) is 14.6. The van der Waals surface area contributed by atoms with Gasteiger partial charge < -0.3 is 9.84 Å². The highest BCUT2D eigenvalue weighted by Gasteiger charge is 2.18. The molecule has 0 atom stereocenters. The SMILES string of the molecule is Cc1nc(Cc2ccc(F)cc2)sc1-c1nc(CC(=O)NCc2ccccc2)no1. The second-order valence-electron chi connectivity index (χ2n) is 6.78. The van der Waals surface area contributed by atoms with E-state index >= 15 is 0 Å². The van der Waals surface area contributed by atoms with Crippen LogP contribution >= 0.6 is 11.3 Å². The van der Waals surface area contributed by atoms with Crippen LogP contribution in [-0.2, 0) is 24.2 Å². The van der Waals surface area contributed by atoms with E-state index in [1.807, 2.05) is 37.3 Å². The number of carbonyl (C=O) groups excluding carboxylic acids is 1.